The molecule has 0 radical (unpaired) electrons. The van der Waals surface area contributed by atoms with Crippen molar-refractivity contribution in [2.45, 2.75) is 39.5 Å². The van der Waals surface area contributed by atoms with E-state index in [4.69, 9.17) is 10.2 Å². The van der Waals surface area contributed by atoms with Crippen molar-refractivity contribution in [1.29, 1.82) is 0 Å². The molecule has 0 saturated carbocycles. The summed E-state index contributed by atoms with van der Waals surface area (Å²) in [5, 5.41) is 34.8. The quantitative estimate of drug-likeness (QED) is 0.425. The lowest BCUT2D eigenvalue weighted by Crippen LogP contribution is -2.40. The van der Waals surface area contributed by atoms with Gasteiger partial charge in [0.15, 0.2) is 0 Å². The highest BCUT2D eigenvalue weighted by molar-refractivity contribution is 5.75. The Hall–Kier alpha value is -3.76. The molecule has 8 N–H and O–H groups in total. The summed E-state index contributed by atoms with van der Waals surface area (Å²) in [4.78, 5) is 38.3. The van der Waals surface area contributed by atoms with Crippen LogP contribution in [-0.4, -0.2) is 34.1 Å². The molecule has 10 heteroatoms. The molecule has 32 heavy (non-hydrogen) atoms. The van der Waals surface area contributed by atoms with Gasteiger partial charge in [0, 0.05) is 24.1 Å². The number of benzene rings is 2. The Labute approximate surface area is 186 Å². The van der Waals surface area contributed by atoms with Gasteiger partial charge in [-0.15, -0.1) is 0 Å². The number of hydrogen-bond acceptors (Lipinski definition) is 6. The number of rotatable bonds is 6. The van der Waals surface area contributed by atoms with Crippen molar-refractivity contribution in [2.24, 2.45) is 0 Å². The van der Waals surface area contributed by atoms with Gasteiger partial charge in [0.2, 0.25) is 0 Å². The molecule has 0 aliphatic rings. The number of hydrogen-bond donors (Lipinski definition) is 4. The minimum absolute atomic E-state index is 0.296. The lowest BCUT2D eigenvalue weighted by molar-refractivity contribution is -0.315. The Kier molecular flexibility index (Phi) is 17.2. The molecule has 0 aliphatic carbocycles. The van der Waals surface area contributed by atoms with E-state index in [1.54, 1.807) is 0 Å². The Morgan fingerprint density at radius 1 is 0.688 bits per heavy atom. The lowest BCUT2D eigenvalue weighted by Gasteiger charge is -2.00. The summed E-state index contributed by atoms with van der Waals surface area (Å²) in [6.07, 6.45) is -1.53. The summed E-state index contributed by atoms with van der Waals surface area (Å²) in [5.74, 6) is -4.89. The summed E-state index contributed by atoms with van der Waals surface area (Å²) >= 11 is 0. The average Bonchev–Trinajstić information content (AvgIpc) is 2.66. The molecule has 0 saturated heterocycles. The van der Waals surface area contributed by atoms with Crippen LogP contribution in [0.4, 0.5) is 11.4 Å². The second-order valence-electron chi connectivity index (χ2n) is 6.51. The highest BCUT2D eigenvalue weighted by Crippen LogP contribution is 2.02. The molecule has 0 heterocycles. The minimum atomic E-state index is -1.37. The number of aryl methyl sites for hydroxylation is 2. The number of quaternary nitrogens is 2. The summed E-state index contributed by atoms with van der Waals surface area (Å²) < 4.78 is 0. The first-order valence-corrected chi connectivity index (χ1v) is 9.44. The summed E-state index contributed by atoms with van der Waals surface area (Å²) in [5.41, 5.74) is 12.3. The van der Waals surface area contributed by atoms with Gasteiger partial charge in [-0.3, -0.25) is 9.59 Å². The van der Waals surface area contributed by atoms with Crippen molar-refractivity contribution in [2.75, 3.05) is 0 Å². The zero-order chi connectivity index (χ0) is 25.1. The Bertz CT molecular complexity index is 735. The first-order valence-electron chi connectivity index (χ1n) is 9.44. The van der Waals surface area contributed by atoms with Crippen molar-refractivity contribution in [3.63, 3.8) is 0 Å². The first kappa shape index (κ1) is 30.4. The van der Waals surface area contributed by atoms with Crippen LogP contribution in [0.3, 0.4) is 0 Å². The number of carbonyl (C=O) groups is 4. The molecule has 10 nitrogen and oxygen atoms in total. The lowest BCUT2D eigenvalue weighted by atomic mass is 10.2. The summed E-state index contributed by atoms with van der Waals surface area (Å²) in [6.45, 7) is 4.13. The van der Waals surface area contributed by atoms with E-state index in [1.807, 2.05) is 24.3 Å². The maximum Gasteiger partial charge on any atom is 0.303 e. The van der Waals surface area contributed by atoms with Gasteiger partial charge in [0.1, 0.15) is 11.4 Å². The Balaban J connectivity index is 0. The maximum atomic E-state index is 9.64. The van der Waals surface area contributed by atoms with Gasteiger partial charge in [-0.2, -0.15) is 0 Å². The summed E-state index contributed by atoms with van der Waals surface area (Å²) in [7, 11) is 0. The molecule has 0 unspecified atom stereocenters. The van der Waals surface area contributed by atoms with Crippen molar-refractivity contribution >= 4 is 35.3 Å². The normalized spacial score (nSPS) is 8.88. The highest BCUT2D eigenvalue weighted by atomic mass is 16.4. The fourth-order valence-electron chi connectivity index (χ4n) is 1.84. The van der Waals surface area contributed by atoms with Gasteiger partial charge in [-0.05, 0) is 49.9 Å². The fraction of sp³-hybridized carbons (Fsp3) is 0.273. The molecule has 0 spiro atoms. The monoisotopic (exact) mass is 450 g/mol. The molecule has 0 aliphatic heterocycles. The predicted octanol–water partition coefficient (Wildman–Crippen LogP) is -1.06. The van der Waals surface area contributed by atoms with Crippen LogP contribution in [0, 0.1) is 13.8 Å². The van der Waals surface area contributed by atoms with Crippen LogP contribution in [0.2, 0.25) is 0 Å². The van der Waals surface area contributed by atoms with Crippen LogP contribution < -0.4 is 21.7 Å². The van der Waals surface area contributed by atoms with Gasteiger partial charge in [-0.25, -0.2) is 0 Å². The predicted molar refractivity (Wildman–Crippen MR) is 111 cm³/mol. The number of carboxylic acid groups (broad SMARTS) is 4. The molecular weight excluding hydrogens is 420 g/mol. The third kappa shape index (κ3) is 24.3. The van der Waals surface area contributed by atoms with E-state index in [-0.39, 0.29) is 12.8 Å². The van der Waals surface area contributed by atoms with Crippen LogP contribution >= 0.6 is 0 Å². The molecule has 0 atom stereocenters. The van der Waals surface area contributed by atoms with Crippen molar-refractivity contribution in [3.05, 3.63) is 59.7 Å². The maximum absolute atomic E-state index is 9.64. The van der Waals surface area contributed by atoms with Crippen LogP contribution in [0.25, 0.3) is 0 Å². The minimum Gasteiger partial charge on any atom is -0.550 e. The van der Waals surface area contributed by atoms with E-state index >= 15 is 0 Å². The van der Waals surface area contributed by atoms with E-state index in [1.165, 1.54) is 11.1 Å². The van der Waals surface area contributed by atoms with Crippen molar-refractivity contribution in [1.82, 2.24) is 0 Å². The Morgan fingerprint density at radius 2 is 1.00 bits per heavy atom. The Morgan fingerprint density at radius 3 is 1.16 bits per heavy atom. The molecule has 2 rings (SSSR count). The van der Waals surface area contributed by atoms with Gasteiger partial charge in [0.05, 0.1) is 12.8 Å². The number of carboxylic acids is 4. The molecule has 0 amide bonds. The van der Waals surface area contributed by atoms with Crippen LogP contribution in [0.15, 0.2) is 48.5 Å². The van der Waals surface area contributed by atoms with Gasteiger partial charge in [0.25, 0.3) is 0 Å². The van der Waals surface area contributed by atoms with E-state index in [9.17, 15) is 29.4 Å². The largest absolute Gasteiger partial charge is 0.550 e. The number of aliphatic carboxylic acids is 4. The SMILES string of the molecule is Cc1cccc([NH3+])c1.Cc1cccc([NH3+])c1.O=C(O)CCC(=O)O.O=C([O-])CCC(=O)[O-]. The average molecular weight is 450 g/mol. The molecule has 2 aromatic rings. The van der Waals surface area contributed by atoms with Crippen molar-refractivity contribution < 1.29 is 51.1 Å². The molecule has 0 bridgehead atoms. The molecule has 2 aromatic carbocycles. The molecule has 176 valence electrons. The van der Waals surface area contributed by atoms with E-state index in [2.05, 4.69) is 49.6 Å². The first-order chi connectivity index (χ1) is 14.8. The molecule has 0 aromatic heterocycles. The molecule has 0 fully saturated rings. The standard InChI is InChI=1S/2C7H9N.2C4H6O4/c2*1-6-3-2-4-7(8)5-6;2*5-3(6)1-2-4(7)8/h2*2-5H,8H2,1H3;2*1-2H2,(H,5,6)(H,7,8). The summed E-state index contributed by atoms with van der Waals surface area (Å²) in [6, 6.07) is 16.2. The van der Waals surface area contributed by atoms with Crippen LogP contribution in [0.1, 0.15) is 36.8 Å². The number of carbonyl (C=O) groups excluding carboxylic acids is 2. The smallest absolute Gasteiger partial charge is 0.303 e. The van der Waals surface area contributed by atoms with Gasteiger partial charge >= 0.3 is 11.9 Å². The second-order valence-corrected chi connectivity index (χ2v) is 6.51. The zero-order valence-electron chi connectivity index (χ0n) is 18.2. The zero-order valence-corrected chi connectivity index (χ0v) is 18.2. The van der Waals surface area contributed by atoms with Crippen molar-refractivity contribution in [3.8, 4) is 0 Å². The van der Waals surface area contributed by atoms with E-state index in [0.29, 0.717) is 0 Å². The van der Waals surface area contributed by atoms with Gasteiger partial charge in [-0.1, -0.05) is 24.3 Å². The van der Waals surface area contributed by atoms with Crippen LogP contribution in [0.5, 0.6) is 0 Å². The highest BCUT2D eigenvalue weighted by Gasteiger charge is 2.00. The topological polar surface area (TPSA) is 210 Å². The third-order valence-electron chi connectivity index (χ3n) is 3.25. The fourth-order valence-corrected chi connectivity index (χ4v) is 1.84. The third-order valence-corrected chi connectivity index (χ3v) is 3.25. The molecular formula is C22H30N2O8. The van der Waals surface area contributed by atoms with E-state index in [0.717, 1.165) is 11.4 Å². The van der Waals surface area contributed by atoms with E-state index < -0.39 is 36.7 Å². The van der Waals surface area contributed by atoms with Gasteiger partial charge < -0.3 is 41.5 Å². The van der Waals surface area contributed by atoms with Crippen LogP contribution in [-0.2, 0) is 19.2 Å². The second kappa shape index (κ2) is 18.0.